The first kappa shape index (κ1) is 21.3. The number of carbonyl (C=O) groups excluding carboxylic acids is 2. The Balaban J connectivity index is 1.75. The van der Waals surface area contributed by atoms with E-state index in [4.69, 9.17) is 4.74 Å². The number of imide groups is 1. The van der Waals surface area contributed by atoms with E-state index >= 15 is 0 Å². The molecular formula is C26H23FN2O3. The molecule has 2 amide bonds. The third kappa shape index (κ3) is 4.25. The molecule has 162 valence electrons. The van der Waals surface area contributed by atoms with Gasteiger partial charge in [-0.1, -0.05) is 36.8 Å². The Bertz CT molecular complexity index is 1170. The van der Waals surface area contributed by atoms with Crippen LogP contribution >= 0.6 is 0 Å². The Hall–Kier alpha value is -3.93. The van der Waals surface area contributed by atoms with Gasteiger partial charge in [0.2, 0.25) is 0 Å². The molecule has 0 radical (unpaired) electrons. The van der Waals surface area contributed by atoms with Gasteiger partial charge in [0.15, 0.2) is 0 Å². The van der Waals surface area contributed by atoms with Gasteiger partial charge >= 0.3 is 0 Å². The number of halogens is 1. The van der Waals surface area contributed by atoms with Gasteiger partial charge in [0.25, 0.3) is 11.8 Å². The van der Waals surface area contributed by atoms with Gasteiger partial charge < -0.3 is 10.1 Å². The predicted octanol–water partition coefficient (Wildman–Crippen LogP) is 5.32. The third-order valence-corrected chi connectivity index (χ3v) is 5.11. The summed E-state index contributed by atoms with van der Waals surface area (Å²) in [6.45, 7) is 4.59. The minimum atomic E-state index is -0.497. The lowest BCUT2D eigenvalue weighted by atomic mass is 10.0. The van der Waals surface area contributed by atoms with E-state index in [1.165, 1.54) is 24.3 Å². The van der Waals surface area contributed by atoms with Crippen molar-refractivity contribution < 1.29 is 18.7 Å². The minimum absolute atomic E-state index is 0.172. The SMILES string of the molecule is CCCOc1ccc(C2=C(Nc3ccc(C)cc3)C(=O)N(c3ccc(F)cc3)C2=O)cc1. The van der Waals surface area contributed by atoms with Crippen molar-refractivity contribution in [2.45, 2.75) is 20.3 Å². The van der Waals surface area contributed by atoms with Crippen molar-refractivity contribution in [3.8, 4) is 5.75 Å². The van der Waals surface area contributed by atoms with Gasteiger partial charge in [-0.15, -0.1) is 0 Å². The molecule has 0 atom stereocenters. The molecule has 4 rings (SSSR count). The molecule has 1 aliphatic heterocycles. The first-order valence-corrected chi connectivity index (χ1v) is 10.4. The largest absolute Gasteiger partial charge is 0.494 e. The van der Waals surface area contributed by atoms with E-state index in [9.17, 15) is 14.0 Å². The highest BCUT2D eigenvalue weighted by atomic mass is 19.1. The number of hydrogen-bond acceptors (Lipinski definition) is 4. The van der Waals surface area contributed by atoms with Crippen LogP contribution in [0, 0.1) is 12.7 Å². The summed E-state index contributed by atoms with van der Waals surface area (Å²) in [7, 11) is 0. The molecule has 0 unspecified atom stereocenters. The number of rotatable bonds is 7. The molecule has 1 heterocycles. The fourth-order valence-electron chi connectivity index (χ4n) is 3.46. The predicted molar refractivity (Wildman–Crippen MR) is 123 cm³/mol. The van der Waals surface area contributed by atoms with Crippen LogP contribution in [0.2, 0.25) is 0 Å². The summed E-state index contributed by atoms with van der Waals surface area (Å²) in [4.78, 5) is 27.8. The number of carbonyl (C=O) groups is 2. The van der Waals surface area contributed by atoms with Crippen molar-refractivity contribution in [1.29, 1.82) is 0 Å². The smallest absolute Gasteiger partial charge is 0.282 e. The standard InChI is InChI=1S/C26H23FN2O3/c1-3-16-32-22-14-6-18(7-15-22)23-24(28-20-10-4-17(2)5-11-20)26(31)29(25(23)30)21-12-8-19(27)9-13-21/h4-15,28H,3,16H2,1-2H3. The van der Waals surface area contributed by atoms with E-state index in [1.807, 2.05) is 38.1 Å². The van der Waals surface area contributed by atoms with Crippen molar-refractivity contribution in [2.24, 2.45) is 0 Å². The molecule has 5 nitrogen and oxygen atoms in total. The van der Waals surface area contributed by atoms with E-state index in [0.29, 0.717) is 29.3 Å². The molecule has 0 saturated heterocycles. The summed E-state index contributed by atoms with van der Waals surface area (Å²) in [5.41, 5.74) is 3.09. The maximum absolute atomic E-state index is 13.4. The highest BCUT2D eigenvalue weighted by molar-refractivity contribution is 6.46. The quantitative estimate of drug-likeness (QED) is 0.516. The van der Waals surface area contributed by atoms with Crippen LogP contribution in [0.1, 0.15) is 24.5 Å². The van der Waals surface area contributed by atoms with Crippen LogP contribution in [0.4, 0.5) is 15.8 Å². The average molecular weight is 430 g/mol. The van der Waals surface area contributed by atoms with Gasteiger partial charge in [-0.25, -0.2) is 9.29 Å². The first-order valence-electron chi connectivity index (χ1n) is 10.4. The fourth-order valence-corrected chi connectivity index (χ4v) is 3.46. The maximum Gasteiger partial charge on any atom is 0.282 e. The number of anilines is 2. The Morgan fingerprint density at radius 1 is 0.875 bits per heavy atom. The van der Waals surface area contributed by atoms with Crippen molar-refractivity contribution in [3.63, 3.8) is 0 Å². The van der Waals surface area contributed by atoms with Crippen molar-refractivity contribution in [1.82, 2.24) is 0 Å². The normalized spacial score (nSPS) is 13.7. The monoisotopic (exact) mass is 430 g/mol. The number of benzene rings is 3. The number of nitrogens with zero attached hydrogens (tertiary/aromatic N) is 1. The lowest BCUT2D eigenvalue weighted by Gasteiger charge is -2.15. The highest BCUT2D eigenvalue weighted by Crippen LogP contribution is 2.34. The molecule has 0 saturated carbocycles. The van der Waals surface area contributed by atoms with Crippen LogP contribution in [0.15, 0.2) is 78.5 Å². The van der Waals surface area contributed by atoms with Crippen LogP contribution in [-0.4, -0.2) is 18.4 Å². The van der Waals surface area contributed by atoms with Gasteiger partial charge in [-0.3, -0.25) is 9.59 Å². The molecule has 32 heavy (non-hydrogen) atoms. The van der Waals surface area contributed by atoms with Crippen molar-refractivity contribution in [3.05, 3.63) is 95.4 Å². The van der Waals surface area contributed by atoms with Crippen LogP contribution in [-0.2, 0) is 9.59 Å². The third-order valence-electron chi connectivity index (χ3n) is 5.11. The van der Waals surface area contributed by atoms with E-state index in [2.05, 4.69) is 5.32 Å². The second-order valence-electron chi connectivity index (χ2n) is 7.54. The molecule has 0 spiro atoms. The summed E-state index contributed by atoms with van der Waals surface area (Å²) < 4.78 is 19.0. The second-order valence-corrected chi connectivity index (χ2v) is 7.54. The van der Waals surface area contributed by atoms with E-state index in [0.717, 1.165) is 16.9 Å². The highest BCUT2D eigenvalue weighted by Gasteiger charge is 2.40. The zero-order chi connectivity index (χ0) is 22.7. The topological polar surface area (TPSA) is 58.6 Å². The Labute approximate surface area is 186 Å². The van der Waals surface area contributed by atoms with E-state index in [-0.39, 0.29) is 11.3 Å². The molecule has 6 heteroatoms. The van der Waals surface area contributed by atoms with Crippen LogP contribution < -0.4 is 15.0 Å². The summed E-state index contributed by atoms with van der Waals surface area (Å²) >= 11 is 0. The second kappa shape index (κ2) is 9.06. The number of hydrogen-bond donors (Lipinski definition) is 1. The summed E-state index contributed by atoms with van der Waals surface area (Å²) in [5, 5.41) is 3.12. The maximum atomic E-state index is 13.4. The molecular weight excluding hydrogens is 407 g/mol. The number of amides is 2. The van der Waals surface area contributed by atoms with Gasteiger partial charge in [-0.05, 0) is 67.4 Å². The number of aryl methyl sites for hydroxylation is 1. The lowest BCUT2D eigenvalue weighted by Crippen LogP contribution is -2.32. The Morgan fingerprint density at radius 3 is 2.16 bits per heavy atom. The molecule has 3 aromatic rings. The Morgan fingerprint density at radius 2 is 1.53 bits per heavy atom. The zero-order valence-electron chi connectivity index (χ0n) is 17.9. The van der Waals surface area contributed by atoms with Crippen LogP contribution in [0.25, 0.3) is 5.57 Å². The molecule has 0 bridgehead atoms. The first-order chi connectivity index (χ1) is 15.5. The van der Waals surface area contributed by atoms with Crippen LogP contribution in [0.5, 0.6) is 5.75 Å². The average Bonchev–Trinajstić information content (AvgIpc) is 3.04. The van der Waals surface area contributed by atoms with Crippen molar-refractivity contribution in [2.75, 3.05) is 16.8 Å². The summed E-state index contributed by atoms with van der Waals surface area (Å²) in [6, 6.07) is 19.9. The number of nitrogens with one attached hydrogen (secondary N) is 1. The van der Waals surface area contributed by atoms with E-state index in [1.54, 1.807) is 24.3 Å². The van der Waals surface area contributed by atoms with Gasteiger partial charge in [0, 0.05) is 5.69 Å². The van der Waals surface area contributed by atoms with Crippen molar-refractivity contribution >= 4 is 28.8 Å². The molecule has 3 aromatic carbocycles. The summed E-state index contributed by atoms with van der Waals surface area (Å²) in [6.07, 6.45) is 0.886. The fraction of sp³-hybridized carbons (Fsp3) is 0.154. The summed E-state index contributed by atoms with van der Waals surface area (Å²) in [5.74, 6) is -0.722. The van der Waals surface area contributed by atoms with E-state index < -0.39 is 17.6 Å². The lowest BCUT2D eigenvalue weighted by molar-refractivity contribution is -0.120. The number of ether oxygens (including phenoxy) is 1. The van der Waals surface area contributed by atoms with Gasteiger partial charge in [-0.2, -0.15) is 0 Å². The minimum Gasteiger partial charge on any atom is -0.494 e. The molecule has 0 aliphatic carbocycles. The van der Waals surface area contributed by atoms with Gasteiger partial charge in [0.1, 0.15) is 17.3 Å². The van der Waals surface area contributed by atoms with Gasteiger partial charge in [0.05, 0.1) is 17.9 Å². The molecule has 0 fully saturated rings. The molecule has 1 aliphatic rings. The Kier molecular flexibility index (Phi) is 6.03. The molecule has 0 aromatic heterocycles. The zero-order valence-corrected chi connectivity index (χ0v) is 17.9. The van der Waals surface area contributed by atoms with Crippen LogP contribution in [0.3, 0.4) is 0 Å². The molecule has 1 N–H and O–H groups in total.